The SMILES string of the molecule is CCNC(=NCc1cccc(CN2CCOCC2)c1)N(C)Cc1csc(C)n1.I. The van der Waals surface area contributed by atoms with Crippen LogP contribution in [0.2, 0.25) is 0 Å². The van der Waals surface area contributed by atoms with E-state index in [2.05, 4.69) is 63.7 Å². The number of rotatable bonds is 7. The zero-order valence-corrected chi connectivity index (χ0v) is 20.7. The second-order valence-corrected chi connectivity index (χ2v) is 8.15. The van der Waals surface area contributed by atoms with Crippen LogP contribution in [0.1, 0.15) is 28.8 Å². The van der Waals surface area contributed by atoms with Gasteiger partial charge in [-0.15, -0.1) is 35.3 Å². The Balaban J connectivity index is 0.00000300. The number of hydrogen-bond acceptors (Lipinski definition) is 5. The number of aromatic nitrogens is 1. The Hall–Kier alpha value is -1.23. The summed E-state index contributed by atoms with van der Waals surface area (Å²) >= 11 is 1.69. The number of morpholine rings is 1. The van der Waals surface area contributed by atoms with Crippen molar-refractivity contribution in [1.29, 1.82) is 0 Å². The molecule has 8 heteroatoms. The Kier molecular flexibility index (Phi) is 10.3. The highest BCUT2D eigenvalue weighted by Crippen LogP contribution is 2.12. The van der Waals surface area contributed by atoms with Gasteiger partial charge < -0.3 is 15.0 Å². The maximum absolute atomic E-state index is 5.44. The van der Waals surface area contributed by atoms with E-state index in [0.29, 0.717) is 6.54 Å². The van der Waals surface area contributed by atoms with Gasteiger partial charge in [0.05, 0.1) is 37.0 Å². The summed E-state index contributed by atoms with van der Waals surface area (Å²) in [4.78, 5) is 14.0. The van der Waals surface area contributed by atoms with E-state index >= 15 is 0 Å². The van der Waals surface area contributed by atoms with Crippen LogP contribution in [0.3, 0.4) is 0 Å². The Morgan fingerprint density at radius 1 is 1.31 bits per heavy atom. The number of nitrogens with one attached hydrogen (secondary N) is 1. The number of nitrogens with zero attached hydrogens (tertiary/aromatic N) is 4. The van der Waals surface area contributed by atoms with E-state index in [0.717, 1.165) is 62.6 Å². The van der Waals surface area contributed by atoms with Gasteiger partial charge in [0.1, 0.15) is 0 Å². The largest absolute Gasteiger partial charge is 0.379 e. The van der Waals surface area contributed by atoms with Crippen LogP contribution >= 0.6 is 35.3 Å². The number of thiazole rings is 1. The Labute approximate surface area is 195 Å². The quantitative estimate of drug-likeness (QED) is 0.338. The second kappa shape index (κ2) is 12.5. The molecular weight excluding hydrogens is 497 g/mol. The van der Waals surface area contributed by atoms with E-state index in [1.54, 1.807) is 11.3 Å². The van der Waals surface area contributed by atoms with Crippen molar-refractivity contribution in [2.45, 2.75) is 33.5 Å². The molecule has 1 N–H and O–H groups in total. The van der Waals surface area contributed by atoms with Crippen molar-refractivity contribution in [3.05, 3.63) is 51.5 Å². The number of halogens is 1. The number of guanidine groups is 1. The normalized spacial score (nSPS) is 15.1. The highest BCUT2D eigenvalue weighted by atomic mass is 127. The van der Waals surface area contributed by atoms with Gasteiger partial charge in [0.2, 0.25) is 0 Å². The van der Waals surface area contributed by atoms with E-state index in [-0.39, 0.29) is 24.0 Å². The van der Waals surface area contributed by atoms with Crippen molar-refractivity contribution in [1.82, 2.24) is 20.1 Å². The Bertz CT molecular complexity index is 776. The van der Waals surface area contributed by atoms with Crippen LogP contribution in [0.15, 0.2) is 34.6 Å². The number of hydrogen-bond donors (Lipinski definition) is 1. The molecule has 2 aromatic rings. The van der Waals surface area contributed by atoms with Crippen molar-refractivity contribution < 1.29 is 4.74 Å². The minimum atomic E-state index is 0. The predicted octanol–water partition coefficient (Wildman–Crippen LogP) is 3.50. The zero-order chi connectivity index (χ0) is 19.8. The average molecular weight is 529 g/mol. The topological polar surface area (TPSA) is 53.0 Å². The van der Waals surface area contributed by atoms with E-state index in [1.807, 2.05) is 6.92 Å². The average Bonchev–Trinajstić information content (AvgIpc) is 3.11. The lowest BCUT2D eigenvalue weighted by molar-refractivity contribution is 0.0342. The van der Waals surface area contributed by atoms with Gasteiger partial charge in [-0.05, 0) is 25.0 Å². The van der Waals surface area contributed by atoms with E-state index in [4.69, 9.17) is 9.73 Å². The lowest BCUT2D eigenvalue weighted by Gasteiger charge is -2.26. The summed E-state index contributed by atoms with van der Waals surface area (Å²) < 4.78 is 5.44. The molecule has 0 aliphatic carbocycles. The predicted molar refractivity (Wildman–Crippen MR) is 131 cm³/mol. The summed E-state index contributed by atoms with van der Waals surface area (Å²) in [5.41, 5.74) is 3.66. The molecule has 0 saturated carbocycles. The van der Waals surface area contributed by atoms with Crippen LogP contribution in [0.25, 0.3) is 0 Å². The lowest BCUT2D eigenvalue weighted by atomic mass is 10.1. The molecule has 1 aliphatic heterocycles. The second-order valence-electron chi connectivity index (χ2n) is 7.09. The molecule has 0 bridgehead atoms. The molecule has 6 nitrogen and oxygen atoms in total. The number of aryl methyl sites for hydroxylation is 1. The van der Waals surface area contributed by atoms with Gasteiger partial charge in [0.25, 0.3) is 0 Å². The number of aliphatic imine (C=N–C) groups is 1. The first-order valence-corrected chi connectivity index (χ1v) is 10.8. The molecule has 1 aromatic heterocycles. The fourth-order valence-corrected chi connectivity index (χ4v) is 3.88. The third kappa shape index (κ3) is 7.84. The standard InChI is InChI=1S/C21H31N5OS.HI/c1-4-22-21(25(3)15-20-16-28-17(2)24-20)23-13-18-6-5-7-19(12-18)14-26-8-10-27-11-9-26;/h5-7,12,16H,4,8-11,13-15H2,1-3H3,(H,22,23);1H. The van der Waals surface area contributed by atoms with E-state index in [1.165, 1.54) is 11.1 Å². The molecule has 1 saturated heterocycles. The molecule has 0 atom stereocenters. The van der Waals surface area contributed by atoms with Crippen LogP contribution in [0, 0.1) is 6.92 Å². The van der Waals surface area contributed by atoms with E-state index < -0.39 is 0 Å². The lowest BCUT2D eigenvalue weighted by Crippen LogP contribution is -2.38. The first-order valence-electron chi connectivity index (χ1n) is 9.92. The van der Waals surface area contributed by atoms with Crippen LogP contribution < -0.4 is 5.32 Å². The Morgan fingerprint density at radius 3 is 2.76 bits per heavy atom. The maximum Gasteiger partial charge on any atom is 0.194 e. The molecule has 2 heterocycles. The highest BCUT2D eigenvalue weighted by molar-refractivity contribution is 14.0. The van der Waals surface area contributed by atoms with Gasteiger partial charge in [0, 0.05) is 38.6 Å². The summed E-state index contributed by atoms with van der Waals surface area (Å²) in [7, 11) is 2.06. The van der Waals surface area contributed by atoms with Gasteiger partial charge in [0.15, 0.2) is 5.96 Å². The maximum atomic E-state index is 5.44. The third-order valence-electron chi connectivity index (χ3n) is 4.67. The van der Waals surface area contributed by atoms with Crippen molar-refractivity contribution in [2.24, 2.45) is 4.99 Å². The van der Waals surface area contributed by atoms with Crippen molar-refractivity contribution in [3.8, 4) is 0 Å². The van der Waals surface area contributed by atoms with Crippen LogP contribution in [0.5, 0.6) is 0 Å². The molecule has 0 spiro atoms. The summed E-state index contributed by atoms with van der Waals surface area (Å²) in [5, 5.41) is 6.60. The van der Waals surface area contributed by atoms with Gasteiger partial charge in [-0.1, -0.05) is 24.3 Å². The fraction of sp³-hybridized carbons (Fsp3) is 0.524. The molecule has 0 unspecified atom stereocenters. The summed E-state index contributed by atoms with van der Waals surface area (Å²) in [6.45, 7) is 11.1. The van der Waals surface area contributed by atoms with Gasteiger partial charge in [-0.2, -0.15) is 0 Å². The van der Waals surface area contributed by atoms with Crippen molar-refractivity contribution in [3.63, 3.8) is 0 Å². The Morgan fingerprint density at radius 2 is 2.07 bits per heavy atom. The summed E-state index contributed by atoms with van der Waals surface area (Å²) in [6.07, 6.45) is 0. The zero-order valence-electron chi connectivity index (χ0n) is 17.6. The molecule has 1 aliphatic rings. The van der Waals surface area contributed by atoms with E-state index in [9.17, 15) is 0 Å². The highest BCUT2D eigenvalue weighted by Gasteiger charge is 2.11. The molecule has 29 heavy (non-hydrogen) atoms. The van der Waals surface area contributed by atoms with Crippen LogP contribution in [-0.4, -0.2) is 60.6 Å². The first kappa shape index (κ1) is 24.0. The molecule has 0 radical (unpaired) electrons. The molecule has 1 fully saturated rings. The summed E-state index contributed by atoms with van der Waals surface area (Å²) in [5.74, 6) is 0.909. The van der Waals surface area contributed by atoms with Gasteiger partial charge in [-0.3, -0.25) is 4.90 Å². The molecule has 0 amide bonds. The number of benzene rings is 1. The molecule has 160 valence electrons. The van der Waals surface area contributed by atoms with Crippen molar-refractivity contribution >= 4 is 41.3 Å². The summed E-state index contributed by atoms with van der Waals surface area (Å²) in [6, 6.07) is 8.76. The minimum Gasteiger partial charge on any atom is -0.379 e. The monoisotopic (exact) mass is 529 g/mol. The van der Waals surface area contributed by atoms with Gasteiger partial charge >= 0.3 is 0 Å². The van der Waals surface area contributed by atoms with Crippen LogP contribution in [-0.2, 0) is 24.4 Å². The smallest absolute Gasteiger partial charge is 0.194 e. The molecule has 1 aromatic carbocycles. The molecule has 3 rings (SSSR count). The third-order valence-corrected chi connectivity index (χ3v) is 5.50. The number of ether oxygens (including phenoxy) is 1. The first-order chi connectivity index (χ1) is 13.6. The molecular formula is C21H32IN5OS. The van der Waals surface area contributed by atoms with Crippen molar-refractivity contribution in [2.75, 3.05) is 39.9 Å². The fourth-order valence-electron chi connectivity index (χ4n) is 3.28. The van der Waals surface area contributed by atoms with Crippen LogP contribution in [0.4, 0.5) is 0 Å². The minimum absolute atomic E-state index is 0. The van der Waals surface area contributed by atoms with Gasteiger partial charge in [-0.25, -0.2) is 9.98 Å².